The van der Waals surface area contributed by atoms with Crippen molar-refractivity contribution in [3.8, 4) is 0 Å². The summed E-state index contributed by atoms with van der Waals surface area (Å²) < 4.78 is 37.6. The Balaban J connectivity index is 0.000000509. The van der Waals surface area contributed by atoms with Gasteiger partial charge in [-0.2, -0.15) is 18.2 Å². The molecule has 0 bridgehead atoms. The highest BCUT2D eigenvalue weighted by atomic mass is 79.9. The molecule has 0 saturated heterocycles. The van der Waals surface area contributed by atoms with Gasteiger partial charge in [0.1, 0.15) is 5.82 Å². The monoisotopic (exact) mass is 549 g/mol. The fraction of sp³-hybridized carbons (Fsp3) is 0.524. The van der Waals surface area contributed by atoms with Crippen molar-refractivity contribution in [1.82, 2.24) is 15.3 Å². The standard InChI is InChI=1S/C19H26BrN5O2.C2HF3O2/c1-11-12(2)21-19(24-17(11)25(3)4)23-14-7-5-13(6-8-14)22-18(26)15-9-10-16(20)27-15;3-2(4,5)1(6)7/h9-10,13-14H,5-8H2,1-4H3,(H,22,26)(H,21,23,24);(H,6,7). The summed E-state index contributed by atoms with van der Waals surface area (Å²) in [6.07, 6.45) is -1.34. The zero-order chi connectivity index (χ0) is 25.6. The molecule has 34 heavy (non-hydrogen) atoms. The number of aromatic nitrogens is 2. The number of carboxylic acids is 1. The summed E-state index contributed by atoms with van der Waals surface area (Å²) in [7, 11) is 3.98. The number of carboxylic acid groups (broad SMARTS) is 1. The molecule has 0 aromatic carbocycles. The van der Waals surface area contributed by atoms with Gasteiger partial charge in [-0.15, -0.1) is 0 Å². The number of alkyl halides is 3. The Hall–Kier alpha value is -2.83. The van der Waals surface area contributed by atoms with Crippen LogP contribution in [0.2, 0.25) is 0 Å². The molecule has 1 aliphatic rings. The van der Waals surface area contributed by atoms with E-state index in [9.17, 15) is 18.0 Å². The van der Waals surface area contributed by atoms with E-state index in [1.54, 1.807) is 12.1 Å². The molecule has 2 aromatic rings. The third-order valence-electron chi connectivity index (χ3n) is 5.22. The Bertz CT molecular complexity index is 1000. The molecule has 3 rings (SSSR count). The van der Waals surface area contributed by atoms with Gasteiger partial charge in [0.05, 0.1) is 0 Å². The predicted octanol–water partition coefficient (Wildman–Crippen LogP) is 4.30. The average molecular weight is 550 g/mol. The number of halogens is 4. The maximum atomic E-state index is 12.2. The van der Waals surface area contributed by atoms with Crippen LogP contribution in [0.4, 0.5) is 24.9 Å². The molecule has 1 fully saturated rings. The van der Waals surface area contributed by atoms with Gasteiger partial charge in [0.15, 0.2) is 10.4 Å². The molecule has 13 heteroatoms. The summed E-state index contributed by atoms with van der Waals surface area (Å²) in [5.41, 5.74) is 2.09. The van der Waals surface area contributed by atoms with Gasteiger partial charge in [0.2, 0.25) is 5.95 Å². The first-order chi connectivity index (χ1) is 15.8. The number of nitrogens with zero attached hydrogens (tertiary/aromatic N) is 3. The maximum Gasteiger partial charge on any atom is 0.490 e. The number of anilines is 2. The lowest BCUT2D eigenvalue weighted by molar-refractivity contribution is -0.192. The van der Waals surface area contributed by atoms with Crippen molar-refractivity contribution in [2.75, 3.05) is 24.3 Å². The van der Waals surface area contributed by atoms with Crippen LogP contribution in [-0.2, 0) is 4.79 Å². The molecule has 0 atom stereocenters. The molecule has 0 aliphatic heterocycles. The molecular weight excluding hydrogens is 523 g/mol. The largest absolute Gasteiger partial charge is 0.490 e. The lowest BCUT2D eigenvalue weighted by Gasteiger charge is -2.29. The van der Waals surface area contributed by atoms with E-state index in [2.05, 4.69) is 36.5 Å². The number of hydrogen-bond acceptors (Lipinski definition) is 7. The van der Waals surface area contributed by atoms with E-state index in [-0.39, 0.29) is 11.9 Å². The van der Waals surface area contributed by atoms with Crippen LogP contribution < -0.4 is 15.5 Å². The van der Waals surface area contributed by atoms with Gasteiger partial charge in [0, 0.05) is 37.4 Å². The smallest absolute Gasteiger partial charge is 0.475 e. The Kier molecular flexibility index (Phi) is 9.30. The van der Waals surface area contributed by atoms with Gasteiger partial charge >= 0.3 is 12.1 Å². The number of nitrogens with one attached hydrogen (secondary N) is 2. The van der Waals surface area contributed by atoms with Crippen LogP contribution in [0.1, 0.15) is 47.5 Å². The van der Waals surface area contributed by atoms with E-state index >= 15 is 0 Å². The minimum absolute atomic E-state index is 0.162. The van der Waals surface area contributed by atoms with Crippen molar-refractivity contribution in [3.63, 3.8) is 0 Å². The van der Waals surface area contributed by atoms with Crippen molar-refractivity contribution in [2.24, 2.45) is 0 Å². The third-order valence-corrected chi connectivity index (χ3v) is 5.65. The Labute approximate surface area is 203 Å². The fourth-order valence-electron chi connectivity index (χ4n) is 3.37. The molecule has 2 heterocycles. The Morgan fingerprint density at radius 3 is 2.15 bits per heavy atom. The highest BCUT2D eigenvalue weighted by Crippen LogP contribution is 2.24. The van der Waals surface area contributed by atoms with Gasteiger partial charge in [-0.25, -0.2) is 9.78 Å². The van der Waals surface area contributed by atoms with Crippen LogP contribution in [0.25, 0.3) is 0 Å². The number of rotatable bonds is 5. The third kappa shape index (κ3) is 7.89. The first-order valence-corrected chi connectivity index (χ1v) is 11.2. The predicted molar refractivity (Wildman–Crippen MR) is 123 cm³/mol. The average Bonchev–Trinajstić information content (AvgIpc) is 3.18. The first kappa shape index (κ1) is 27.4. The Morgan fingerprint density at radius 1 is 1.12 bits per heavy atom. The molecule has 0 spiro atoms. The number of amides is 1. The number of carbonyl (C=O) groups excluding carboxylic acids is 1. The molecule has 2 aromatic heterocycles. The van der Waals surface area contributed by atoms with Crippen LogP contribution in [0.5, 0.6) is 0 Å². The van der Waals surface area contributed by atoms with E-state index in [0.717, 1.165) is 42.8 Å². The van der Waals surface area contributed by atoms with Crippen molar-refractivity contribution in [3.05, 3.63) is 33.8 Å². The fourth-order valence-corrected chi connectivity index (χ4v) is 3.68. The summed E-state index contributed by atoms with van der Waals surface area (Å²) in [6.45, 7) is 4.05. The number of furan rings is 1. The number of carbonyl (C=O) groups is 2. The number of aliphatic carboxylic acids is 1. The van der Waals surface area contributed by atoms with Gasteiger partial charge in [-0.05, 0) is 67.6 Å². The van der Waals surface area contributed by atoms with Crippen LogP contribution in [0, 0.1) is 13.8 Å². The van der Waals surface area contributed by atoms with Crippen LogP contribution in [0.15, 0.2) is 21.2 Å². The molecule has 9 nitrogen and oxygen atoms in total. The molecular formula is C21H27BrF3N5O4. The molecule has 0 unspecified atom stereocenters. The topological polar surface area (TPSA) is 121 Å². The summed E-state index contributed by atoms with van der Waals surface area (Å²) in [5, 5.41) is 13.6. The summed E-state index contributed by atoms with van der Waals surface area (Å²) in [6, 6.07) is 3.87. The number of hydrogen-bond donors (Lipinski definition) is 3. The van der Waals surface area contributed by atoms with E-state index in [1.165, 1.54) is 0 Å². The zero-order valence-corrected chi connectivity index (χ0v) is 20.7. The molecule has 1 amide bonds. The normalized spacial score (nSPS) is 17.9. The lowest BCUT2D eigenvalue weighted by atomic mass is 9.91. The quantitative estimate of drug-likeness (QED) is 0.504. The van der Waals surface area contributed by atoms with Gasteiger partial charge < -0.3 is 25.1 Å². The van der Waals surface area contributed by atoms with E-state index in [4.69, 9.17) is 14.3 Å². The molecule has 0 radical (unpaired) electrons. The van der Waals surface area contributed by atoms with E-state index < -0.39 is 12.1 Å². The maximum absolute atomic E-state index is 12.2. The minimum atomic E-state index is -5.08. The second kappa shape index (κ2) is 11.5. The van der Waals surface area contributed by atoms with Crippen LogP contribution >= 0.6 is 15.9 Å². The highest BCUT2D eigenvalue weighted by Gasteiger charge is 2.38. The summed E-state index contributed by atoms with van der Waals surface area (Å²) >= 11 is 3.22. The van der Waals surface area contributed by atoms with Crippen molar-refractivity contribution in [1.29, 1.82) is 0 Å². The molecule has 188 valence electrons. The number of aryl methyl sites for hydroxylation is 1. The van der Waals surface area contributed by atoms with Crippen molar-refractivity contribution >= 4 is 39.6 Å². The summed E-state index contributed by atoms with van der Waals surface area (Å²) in [5.74, 6) is -0.968. The second-order valence-electron chi connectivity index (χ2n) is 8.05. The van der Waals surface area contributed by atoms with Crippen LogP contribution in [0.3, 0.4) is 0 Å². The molecule has 1 aliphatic carbocycles. The van der Waals surface area contributed by atoms with E-state index in [1.807, 2.05) is 32.8 Å². The van der Waals surface area contributed by atoms with Gasteiger partial charge in [-0.3, -0.25) is 4.79 Å². The van der Waals surface area contributed by atoms with Crippen molar-refractivity contribution in [2.45, 2.75) is 57.8 Å². The van der Waals surface area contributed by atoms with Crippen molar-refractivity contribution < 1.29 is 32.3 Å². The minimum Gasteiger partial charge on any atom is -0.475 e. The zero-order valence-electron chi connectivity index (χ0n) is 19.2. The summed E-state index contributed by atoms with van der Waals surface area (Å²) in [4.78, 5) is 32.3. The van der Waals surface area contributed by atoms with E-state index in [0.29, 0.717) is 22.4 Å². The van der Waals surface area contributed by atoms with Gasteiger partial charge in [-0.1, -0.05) is 0 Å². The SMILES string of the molecule is Cc1nc(NC2CCC(NC(=O)c3ccc(Br)o3)CC2)nc(N(C)C)c1C.O=C(O)C(F)(F)F. The first-order valence-electron chi connectivity index (χ1n) is 10.4. The van der Waals surface area contributed by atoms with Gasteiger partial charge in [0.25, 0.3) is 5.91 Å². The van der Waals surface area contributed by atoms with Crippen LogP contribution in [-0.4, -0.2) is 59.3 Å². The molecule has 1 saturated carbocycles. The second-order valence-corrected chi connectivity index (χ2v) is 8.83. The highest BCUT2D eigenvalue weighted by molar-refractivity contribution is 9.10. The molecule has 3 N–H and O–H groups in total. The Morgan fingerprint density at radius 2 is 1.68 bits per heavy atom. The lowest BCUT2D eigenvalue weighted by Crippen LogP contribution is -2.40.